The number of nitrogens with two attached hydrogens (primary N) is 1. The van der Waals surface area contributed by atoms with Crippen molar-refractivity contribution in [2.24, 2.45) is 11.7 Å². The van der Waals surface area contributed by atoms with Crippen LogP contribution < -0.4 is 16.4 Å². The summed E-state index contributed by atoms with van der Waals surface area (Å²) in [4.78, 5) is 37.9. The lowest BCUT2D eigenvalue weighted by Crippen LogP contribution is -2.52. The van der Waals surface area contributed by atoms with Crippen LogP contribution in [-0.4, -0.2) is 47.8 Å². The summed E-state index contributed by atoms with van der Waals surface area (Å²) in [6, 6.07) is 7.15. The maximum Gasteiger partial charge on any atom is 0.254 e. The highest BCUT2D eigenvalue weighted by atomic mass is 16.2. The van der Waals surface area contributed by atoms with Gasteiger partial charge in [-0.05, 0) is 37.5 Å². The molecule has 3 amide bonds. The molecular weight excluding hydrogens is 344 g/mol. The summed E-state index contributed by atoms with van der Waals surface area (Å²) >= 11 is 0. The smallest absolute Gasteiger partial charge is 0.254 e. The van der Waals surface area contributed by atoms with Crippen LogP contribution in [0, 0.1) is 5.92 Å². The molecule has 146 valence electrons. The van der Waals surface area contributed by atoms with Crippen molar-refractivity contribution in [2.45, 2.75) is 44.7 Å². The quantitative estimate of drug-likeness (QED) is 0.726. The highest BCUT2D eigenvalue weighted by Gasteiger charge is 2.37. The highest BCUT2D eigenvalue weighted by molar-refractivity contribution is 5.97. The van der Waals surface area contributed by atoms with Crippen molar-refractivity contribution < 1.29 is 14.4 Å². The van der Waals surface area contributed by atoms with Gasteiger partial charge in [0.15, 0.2) is 0 Å². The molecular formula is C20H28N4O3. The fraction of sp³-hybridized carbons (Fsp3) is 0.550. The molecule has 4 N–H and O–H groups in total. The van der Waals surface area contributed by atoms with Crippen molar-refractivity contribution in [3.8, 4) is 0 Å². The van der Waals surface area contributed by atoms with Crippen LogP contribution in [0.2, 0.25) is 0 Å². The van der Waals surface area contributed by atoms with Gasteiger partial charge in [-0.25, -0.2) is 0 Å². The molecule has 0 bridgehead atoms. The average molecular weight is 372 g/mol. The summed E-state index contributed by atoms with van der Waals surface area (Å²) in [5, 5.41) is 5.68. The van der Waals surface area contributed by atoms with Gasteiger partial charge in [-0.3, -0.25) is 14.4 Å². The average Bonchev–Trinajstić information content (AvgIpc) is 2.65. The molecule has 1 aromatic rings. The Hall–Kier alpha value is -2.41. The second-order valence-corrected chi connectivity index (χ2v) is 7.80. The monoisotopic (exact) mass is 372 g/mol. The summed E-state index contributed by atoms with van der Waals surface area (Å²) in [5.41, 5.74) is 7.31. The molecule has 2 unspecified atom stereocenters. The molecule has 1 aliphatic heterocycles. The van der Waals surface area contributed by atoms with E-state index in [0.717, 1.165) is 31.2 Å². The number of carbonyl (C=O) groups excluding carboxylic acids is 3. The van der Waals surface area contributed by atoms with Crippen LogP contribution >= 0.6 is 0 Å². The first kappa shape index (κ1) is 19.4. The van der Waals surface area contributed by atoms with Crippen LogP contribution in [0.25, 0.3) is 0 Å². The predicted octanol–water partition coefficient (Wildman–Crippen LogP) is 0.782. The zero-order valence-electron chi connectivity index (χ0n) is 15.8. The largest absolute Gasteiger partial charge is 0.353 e. The minimum Gasteiger partial charge on any atom is -0.353 e. The standard InChI is InChI=1S/C20H28N4O3/c1-20(21)9-3-2-4-16(20)18(26)23-12-14-5-7-15(8-6-14)19(27)24-11-10-22-17(25)13-24/h5-8,16H,2-4,9-13,21H2,1H3,(H,22,25)(H,23,26). The second kappa shape index (κ2) is 8.08. The van der Waals surface area contributed by atoms with Crippen LogP contribution in [0.1, 0.15) is 48.5 Å². The molecule has 7 heteroatoms. The number of carbonyl (C=O) groups is 3. The number of hydrogen-bond donors (Lipinski definition) is 3. The van der Waals surface area contributed by atoms with Crippen molar-refractivity contribution in [3.05, 3.63) is 35.4 Å². The fourth-order valence-electron chi connectivity index (χ4n) is 3.86. The molecule has 1 aliphatic carbocycles. The van der Waals surface area contributed by atoms with Crippen LogP contribution in [-0.2, 0) is 16.1 Å². The summed E-state index contributed by atoms with van der Waals surface area (Å²) < 4.78 is 0. The van der Waals surface area contributed by atoms with E-state index < -0.39 is 5.54 Å². The zero-order valence-corrected chi connectivity index (χ0v) is 15.8. The summed E-state index contributed by atoms with van der Waals surface area (Å²) in [5.74, 6) is -0.443. The van der Waals surface area contributed by atoms with Crippen molar-refractivity contribution >= 4 is 17.7 Å². The van der Waals surface area contributed by atoms with E-state index in [9.17, 15) is 14.4 Å². The molecule has 7 nitrogen and oxygen atoms in total. The lowest BCUT2D eigenvalue weighted by molar-refractivity contribution is -0.128. The Kier molecular flexibility index (Phi) is 5.79. The minimum atomic E-state index is -0.445. The Bertz CT molecular complexity index is 714. The SMILES string of the molecule is CC1(N)CCCCC1C(=O)NCc1ccc(C(=O)N2CCNC(=O)C2)cc1. The first-order valence-electron chi connectivity index (χ1n) is 9.58. The molecule has 3 rings (SSSR count). The van der Waals surface area contributed by atoms with Crippen molar-refractivity contribution in [1.82, 2.24) is 15.5 Å². The summed E-state index contributed by atoms with van der Waals surface area (Å²) in [6.45, 7) is 3.46. The first-order valence-corrected chi connectivity index (χ1v) is 9.58. The molecule has 1 aromatic carbocycles. The number of hydrogen-bond acceptors (Lipinski definition) is 4. The predicted molar refractivity (Wildman–Crippen MR) is 102 cm³/mol. The lowest BCUT2D eigenvalue weighted by atomic mass is 9.74. The van der Waals surface area contributed by atoms with E-state index in [-0.39, 0.29) is 30.2 Å². The minimum absolute atomic E-state index is 0.000757. The van der Waals surface area contributed by atoms with E-state index in [4.69, 9.17) is 5.73 Å². The number of nitrogens with zero attached hydrogens (tertiary/aromatic N) is 1. The van der Waals surface area contributed by atoms with Crippen molar-refractivity contribution in [3.63, 3.8) is 0 Å². The number of rotatable bonds is 4. The molecule has 2 aliphatic rings. The molecule has 0 radical (unpaired) electrons. The fourth-order valence-corrected chi connectivity index (χ4v) is 3.86. The second-order valence-electron chi connectivity index (χ2n) is 7.80. The van der Waals surface area contributed by atoms with Gasteiger partial charge in [0.05, 0.1) is 12.5 Å². The van der Waals surface area contributed by atoms with Crippen molar-refractivity contribution in [2.75, 3.05) is 19.6 Å². The molecule has 0 aromatic heterocycles. The number of benzene rings is 1. The Labute approximate surface area is 159 Å². The van der Waals surface area contributed by atoms with Gasteiger partial charge in [0, 0.05) is 30.7 Å². The molecule has 1 saturated carbocycles. The summed E-state index contributed by atoms with van der Waals surface area (Å²) in [6.07, 6.45) is 3.81. The van der Waals surface area contributed by atoms with Gasteiger partial charge in [0.2, 0.25) is 11.8 Å². The maximum atomic E-state index is 12.5. The van der Waals surface area contributed by atoms with Gasteiger partial charge in [-0.15, -0.1) is 0 Å². The number of amides is 3. The Morgan fingerprint density at radius 3 is 2.70 bits per heavy atom. The molecule has 27 heavy (non-hydrogen) atoms. The molecule has 2 fully saturated rings. The van der Waals surface area contributed by atoms with Crippen molar-refractivity contribution in [1.29, 1.82) is 0 Å². The van der Waals surface area contributed by atoms with Gasteiger partial charge >= 0.3 is 0 Å². The van der Waals surface area contributed by atoms with Gasteiger partial charge in [0.1, 0.15) is 0 Å². The van der Waals surface area contributed by atoms with Gasteiger partial charge in [-0.2, -0.15) is 0 Å². The maximum absolute atomic E-state index is 12.5. The third-order valence-electron chi connectivity index (χ3n) is 5.56. The van der Waals surface area contributed by atoms with E-state index in [1.165, 1.54) is 0 Å². The Morgan fingerprint density at radius 2 is 2.04 bits per heavy atom. The third kappa shape index (κ3) is 4.66. The zero-order chi connectivity index (χ0) is 19.4. The molecule has 1 saturated heterocycles. The van der Waals surface area contributed by atoms with Crippen LogP contribution in [0.3, 0.4) is 0 Å². The van der Waals surface area contributed by atoms with Gasteiger partial charge in [-0.1, -0.05) is 25.0 Å². The topological polar surface area (TPSA) is 105 Å². The van der Waals surface area contributed by atoms with Gasteiger partial charge in [0.25, 0.3) is 5.91 Å². The Balaban J connectivity index is 1.55. The first-order chi connectivity index (χ1) is 12.9. The van der Waals surface area contributed by atoms with E-state index >= 15 is 0 Å². The van der Waals surface area contributed by atoms with Gasteiger partial charge < -0.3 is 21.3 Å². The molecule has 0 spiro atoms. The van der Waals surface area contributed by atoms with E-state index in [1.807, 2.05) is 19.1 Å². The van der Waals surface area contributed by atoms with E-state index in [2.05, 4.69) is 10.6 Å². The molecule has 1 heterocycles. The van der Waals surface area contributed by atoms with Crippen LogP contribution in [0.15, 0.2) is 24.3 Å². The lowest BCUT2D eigenvalue weighted by Gasteiger charge is -2.37. The van der Waals surface area contributed by atoms with E-state index in [1.54, 1.807) is 17.0 Å². The normalized spacial score (nSPS) is 25.6. The molecule has 2 atom stereocenters. The van der Waals surface area contributed by atoms with Crippen LogP contribution in [0.5, 0.6) is 0 Å². The van der Waals surface area contributed by atoms with E-state index in [0.29, 0.717) is 25.2 Å². The highest BCUT2D eigenvalue weighted by Crippen LogP contribution is 2.31. The number of piperazine rings is 1. The third-order valence-corrected chi connectivity index (χ3v) is 5.56. The Morgan fingerprint density at radius 1 is 1.30 bits per heavy atom. The number of nitrogens with one attached hydrogen (secondary N) is 2. The van der Waals surface area contributed by atoms with Crippen LogP contribution in [0.4, 0.5) is 0 Å². The summed E-state index contributed by atoms with van der Waals surface area (Å²) in [7, 11) is 0.